The highest BCUT2D eigenvalue weighted by molar-refractivity contribution is 7.99. The van der Waals surface area contributed by atoms with E-state index in [0.29, 0.717) is 18.4 Å². The monoisotopic (exact) mass is 278 g/mol. The van der Waals surface area contributed by atoms with Gasteiger partial charge < -0.3 is 10.6 Å². The Balaban J connectivity index is 0.00000144. The van der Waals surface area contributed by atoms with Crippen molar-refractivity contribution in [3.8, 4) is 0 Å². The van der Waals surface area contributed by atoms with Crippen molar-refractivity contribution < 1.29 is 4.79 Å². The van der Waals surface area contributed by atoms with Crippen molar-refractivity contribution in [1.29, 1.82) is 0 Å². The Labute approximate surface area is 114 Å². The van der Waals surface area contributed by atoms with Gasteiger partial charge in [-0.05, 0) is 37.5 Å². The minimum absolute atomic E-state index is 0. The van der Waals surface area contributed by atoms with Crippen molar-refractivity contribution in [3.05, 3.63) is 0 Å². The third-order valence-corrected chi connectivity index (χ3v) is 4.86. The van der Waals surface area contributed by atoms with Crippen LogP contribution in [0.3, 0.4) is 0 Å². The summed E-state index contributed by atoms with van der Waals surface area (Å²) in [6.07, 6.45) is 4.54. The number of carbonyl (C=O) groups excluding carboxylic acids is 1. The van der Waals surface area contributed by atoms with Crippen LogP contribution in [0.1, 0.15) is 25.7 Å². The molecule has 0 aromatic heterocycles. The van der Waals surface area contributed by atoms with Gasteiger partial charge in [-0.1, -0.05) is 6.42 Å². The molecule has 0 aromatic rings. The van der Waals surface area contributed by atoms with E-state index < -0.39 is 0 Å². The first-order valence-electron chi connectivity index (χ1n) is 6.39. The smallest absolute Gasteiger partial charge is 0.226 e. The lowest BCUT2D eigenvalue weighted by atomic mass is 9.94. The van der Waals surface area contributed by atoms with Gasteiger partial charge in [-0.2, -0.15) is 11.8 Å². The maximum atomic E-state index is 12.4. The average molecular weight is 279 g/mol. The van der Waals surface area contributed by atoms with Crippen LogP contribution in [0, 0.1) is 11.8 Å². The number of thioether (sulfide) groups is 1. The molecule has 0 bridgehead atoms. The molecule has 0 aromatic carbocycles. The van der Waals surface area contributed by atoms with E-state index in [1.807, 2.05) is 11.8 Å². The predicted molar refractivity (Wildman–Crippen MR) is 75.7 cm³/mol. The number of nitrogens with zero attached hydrogens (tertiary/aromatic N) is 1. The molecular formula is C12H23ClN2OS. The molecular weight excluding hydrogens is 256 g/mol. The summed E-state index contributed by atoms with van der Waals surface area (Å²) >= 11 is 1.97. The molecule has 2 atom stereocenters. The molecule has 1 saturated carbocycles. The van der Waals surface area contributed by atoms with Crippen molar-refractivity contribution in [2.45, 2.75) is 25.7 Å². The number of carbonyl (C=O) groups is 1. The molecule has 0 unspecified atom stereocenters. The normalized spacial score (nSPS) is 29.6. The van der Waals surface area contributed by atoms with Gasteiger partial charge in [0.1, 0.15) is 0 Å². The van der Waals surface area contributed by atoms with E-state index in [0.717, 1.165) is 38.1 Å². The fraction of sp³-hybridized carbons (Fsp3) is 0.917. The second-order valence-electron chi connectivity index (χ2n) is 4.82. The van der Waals surface area contributed by atoms with E-state index in [4.69, 9.17) is 5.73 Å². The summed E-state index contributed by atoms with van der Waals surface area (Å²) in [5.74, 6) is 3.37. The molecule has 2 N–H and O–H groups in total. The van der Waals surface area contributed by atoms with Gasteiger partial charge >= 0.3 is 0 Å². The standard InChI is InChI=1S/C12H22N2OS.ClH/c13-9-10-3-1-4-11(10)12(15)14-5-2-7-16-8-6-14;/h10-11H,1-9,13H2;1H/t10-,11-;/m1./s1. The summed E-state index contributed by atoms with van der Waals surface area (Å²) in [6.45, 7) is 2.58. The van der Waals surface area contributed by atoms with Gasteiger partial charge in [0.05, 0.1) is 0 Å². The fourth-order valence-corrected chi connectivity index (χ4v) is 3.73. The largest absolute Gasteiger partial charge is 0.342 e. The molecule has 1 aliphatic heterocycles. The van der Waals surface area contributed by atoms with E-state index in [-0.39, 0.29) is 18.3 Å². The van der Waals surface area contributed by atoms with Crippen LogP contribution >= 0.6 is 24.2 Å². The van der Waals surface area contributed by atoms with Crippen LogP contribution in [-0.2, 0) is 4.79 Å². The van der Waals surface area contributed by atoms with Crippen LogP contribution in [0.2, 0.25) is 0 Å². The summed E-state index contributed by atoms with van der Waals surface area (Å²) in [5.41, 5.74) is 5.75. The highest BCUT2D eigenvalue weighted by Gasteiger charge is 2.34. The molecule has 0 radical (unpaired) electrons. The summed E-state index contributed by atoms with van der Waals surface area (Å²) in [7, 11) is 0. The van der Waals surface area contributed by atoms with Crippen molar-refractivity contribution in [2.24, 2.45) is 17.6 Å². The molecule has 17 heavy (non-hydrogen) atoms. The van der Waals surface area contributed by atoms with Gasteiger partial charge in [0.15, 0.2) is 0 Å². The topological polar surface area (TPSA) is 46.3 Å². The zero-order valence-corrected chi connectivity index (χ0v) is 11.9. The van der Waals surface area contributed by atoms with Crippen LogP contribution in [0.4, 0.5) is 0 Å². The van der Waals surface area contributed by atoms with E-state index in [1.54, 1.807) is 0 Å². The number of nitrogens with two attached hydrogens (primary N) is 1. The lowest BCUT2D eigenvalue weighted by Crippen LogP contribution is -2.40. The Bertz CT molecular complexity index is 245. The summed E-state index contributed by atoms with van der Waals surface area (Å²) in [6, 6.07) is 0. The maximum absolute atomic E-state index is 12.4. The first-order chi connectivity index (χ1) is 7.83. The molecule has 2 fully saturated rings. The molecule has 1 heterocycles. The molecule has 1 aliphatic carbocycles. The zero-order valence-electron chi connectivity index (χ0n) is 10.3. The number of hydrogen-bond donors (Lipinski definition) is 1. The molecule has 1 saturated heterocycles. The fourth-order valence-electron chi connectivity index (χ4n) is 2.85. The second-order valence-corrected chi connectivity index (χ2v) is 6.05. The number of amides is 1. The summed E-state index contributed by atoms with van der Waals surface area (Å²) < 4.78 is 0. The van der Waals surface area contributed by atoms with Gasteiger partial charge in [0.2, 0.25) is 5.91 Å². The minimum Gasteiger partial charge on any atom is -0.342 e. The lowest BCUT2D eigenvalue weighted by Gasteiger charge is -2.26. The molecule has 3 nitrogen and oxygen atoms in total. The first-order valence-corrected chi connectivity index (χ1v) is 7.55. The third kappa shape index (κ3) is 3.76. The lowest BCUT2D eigenvalue weighted by molar-refractivity contribution is -0.136. The highest BCUT2D eigenvalue weighted by Crippen LogP contribution is 2.32. The van der Waals surface area contributed by atoms with Crippen LogP contribution in [0.5, 0.6) is 0 Å². The SMILES string of the molecule is Cl.NC[C@H]1CCC[C@H]1C(=O)N1CCCSCC1. The van der Waals surface area contributed by atoms with E-state index in [1.165, 1.54) is 12.2 Å². The van der Waals surface area contributed by atoms with Crippen molar-refractivity contribution in [2.75, 3.05) is 31.1 Å². The third-order valence-electron chi connectivity index (χ3n) is 3.81. The Morgan fingerprint density at radius 2 is 2.06 bits per heavy atom. The predicted octanol–water partition coefficient (Wildman–Crippen LogP) is 1.75. The summed E-state index contributed by atoms with van der Waals surface area (Å²) in [4.78, 5) is 14.5. The Hall–Kier alpha value is 0.0700. The zero-order chi connectivity index (χ0) is 11.4. The quantitative estimate of drug-likeness (QED) is 0.837. The molecule has 1 amide bonds. The first kappa shape index (κ1) is 15.1. The van der Waals surface area contributed by atoms with E-state index in [2.05, 4.69) is 4.90 Å². The van der Waals surface area contributed by atoms with Crippen LogP contribution in [-0.4, -0.2) is 41.9 Å². The van der Waals surface area contributed by atoms with Crippen LogP contribution in [0.25, 0.3) is 0 Å². The Morgan fingerprint density at radius 3 is 2.82 bits per heavy atom. The number of hydrogen-bond acceptors (Lipinski definition) is 3. The van der Waals surface area contributed by atoms with Gasteiger partial charge in [0.25, 0.3) is 0 Å². The van der Waals surface area contributed by atoms with Gasteiger partial charge in [-0.3, -0.25) is 4.79 Å². The Morgan fingerprint density at radius 1 is 1.24 bits per heavy atom. The molecule has 2 aliphatic rings. The van der Waals surface area contributed by atoms with Crippen molar-refractivity contribution >= 4 is 30.1 Å². The van der Waals surface area contributed by atoms with Crippen LogP contribution < -0.4 is 5.73 Å². The molecule has 100 valence electrons. The maximum Gasteiger partial charge on any atom is 0.226 e. The van der Waals surface area contributed by atoms with E-state index >= 15 is 0 Å². The van der Waals surface area contributed by atoms with Gasteiger partial charge in [-0.25, -0.2) is 0 Å². The number of rotatable bonds is 2. The van der Waals surface area contributed by atoms with E-state index in [9.17, 15) is 4.79 Å². The Kier molecular flexibility index (Phi) is 6.67. The highest BCUT2D eigenvalue weighted by atomic mass is 35.5. The molecule has 5 heteroatoms. The molecule has 0 spiro atoms. The minimum atomic E-state index is 0. The summed E-state index contributed by atoms with van der Waals surface area (Å²) in [5, 5.41) is 0. The van der Waals surface area contributed by atoms with Gasteiger partial charge in [-0.15, -0.1) is 12.4 Å². The average Bonchev–Trinajstić information content (AvgIpc) is 2.61. The van der Waals surface area contributed by atoms with Gasteiger partial charge in [0, 0.05) is 24.8 Å². The van der Waals surface area contributed by atoms with Crippen molar-refractivity contribution in [3.63, 3.8) is 0 Å². The second kappa shape index (κ2) is 7.49. The number of halogens is 1. The van der Waals surface area contributed by atoms with Crippen molar-refractivity contribution in [1.82, 2.24) is 4.90 Å². The molecule has 2 rings (SSSR count). The van der Waals surface area contributed by atoms with Crippen LogP contribution in [0.15, 0.2) is 0 Å².